The van der Waals surface area contributed by atoms with Crippen LogP contribution in [0.5, 0.6) is 0 Å². The van der Waals surface area contributed by atoms with Gasteiger partial charge >= 0.3 is 0 Å². The standard InChI is InChI=1S/C10H13NO3S/c1-2-15(12,13)11(10-3-4-10)7-9-5-6-14-8-9/h2,5-6,8,10H,1,3-4,7H2. The van der Waals surface area contributed by atoms with Crippen molar-refractivity contribution in [3.63, 3.8) is 0 Å². The minimum atomic E-state index is -3.32. The fraction of sp³-hybridized carbons (Fsp3) is 0.400. The van der Waals surface area contributed by atoms with Gasteiger partial charge < -0.3 is 4.42 Å². The van der Waals surface area contributed by atoms with Crippen LogP contribution < -0.4 is 0 Å². The second kappa shape index (κ2) is 3.83. The lowest BCUT2D eigenvalue weighted by Gasteiger charge is -2.18. The summed E-state index contributed by atoms with van der Waals surface area (Å²) in [5.74, 6) is 0. The van der Waals surface area contributed by atoms with Crippen molar-refractivity contribution in [2.45, 2.75) is 25.4 Å². The molecule has 1 aliphatic carbocycles. The van der Waals surface area contributed by atoms with Crippen LogP contribution in [0.3, 0.4) is 0 Å². The summed E-state index contributed by atoms with van der Waals surface area (Å²) in [6.45, 7) is 3.71. The average molecular weight is 227 g/mol. The number of hydrogen-bond acceptors (Lipinski definition) is 3. The summed E-state index contributed by atoms with van der Waals surface area (Å²) in [6.07, 6.45) is 4.98. The minimum absolute atomic E-state index is 0.142. The number of hydrogen-bond donors (Lipinski definition) is 0. The first-order valence-corrected chi connectivity index (χ1v) is 6.29. The first-order valence-electron chi connectivity index (χ1n) is 4.79. The van der Waals surface area contributed by atoms with Crippen LogP contribution in [0.4, 0.5) is 0 Å². The summed E-state index contributed by atoms with van der Waals surface area (Å²) < 4.78 is 29.8. The lowest BCUT2D eigenvalue weighted by molar-refractivity contribution is 0.403. The third-order valence-electron chi connectivity index (χ3n) is 2.41. The molecule has 0 unspecified atom stereocenters. The smallest absolute Gasteiger partial charge is 0.236 e. The van der Waals surface area contributed by atoms with Gasteiger partial charge in [-0.1, -0.05) is 6.58 Å². The first-order chi connectivity index (χ1) is 7.13. The summed E-state index contributed by atoms with van der Waals surface area (Å²) in [5.41, 5.74) is 0.868. The van der Waals surface area contributed by atoms with Crippen LogP contribution in [0.1, 0.15) is 18.4 Å². The summed E-state index contributed by atoms with van der Waals surface area (Å²) in [4.78, 5) is 0. The fourth-order valence-electron chi connectivity index (χ4n) is 1.45. The van der Waals surface area contributed by atoms with Crippen molar-refractivity contribution in [1.29, 1.82) is 0 Å². The van der Waals surface area contributed by atoms with E-state index in [1.54, 1.807) is 18.6 Å². The Morgan fingerprint density at radius 2 is 2.33 bits per heavy atom. The monoisotopic (exact) mass is 227 g/mol. The molecule has 5 heteroatoms. The lowest BCUT2D eigenvalue weighted by atomic mass is 10.3. The first kappa shape index (κ1) is 10.4. The van der Waals surface area contributed by atoms with Crippen molar-refractivity contribution in [3.8, 4) is 0 Å². The molecule has 0 amide bonds. The van der Waals surface area contributed by atoms with E-state index in [0.717, 1.165) is 23.8 Å². The van der Waals surface area contributed by atoms with Gasteiger partial charge in [0.05, 0.1) is 12.5 Å². The molecular weight excluding hydrogens is 214 g/mol. The highest BCUT2D eigenvalue weighted by Gasteiger charge is 2.35. The molecule has 0 N–H and O–H groups in total. The zero-order valence-corrected chi connectivity index (χ0v) is 9.11. The summed E-state index contributed by atoms with van der Waals surface area (Å²) in [6, 6.07) is 1.91. The zero-order valence-electron chi connectivity index (χ0n) is 8.30. The summed E-state index contributed by atoms with van der Waals surface area (Å²) in [7, 11) is -3.32. The van der Waals surface area contributed by atoms with Gasteiger partial charge in [0.1, 0.15) is 0 Å². The molecule has 2 rings (SSSR count). The van der Waals surface area contributed by atoms with Crippen LogP contribution in [0.15, 0.2) is 35.0 Å². The zero-order chi connectivity index (χ0) is 10.9. The molecule has 15 heavy (non-hydrogen) atoms. The van der Waals surface area contributed by atoms with Gasteiger partial charge in [0, 0.05) is 23.6 Å². The van der Waals surface area contributed by atoms with Gasteiger partial charge in [0.2, 0.25) is 10.0 Å². The second-order valence-electron chi connectivity index (χ2n) is 3.62. The van der Waals surface area contributed by atoms with Crippen molar-refractivity contribution >= 4 is 10.0 Å². The molecule has 0 aromatic carbocycles. The highest BCUT2D eigenvalue weighted by atomic mass is 32.2. The van der Waals surface area contributed by atoms with E-state index < -0.39 is 10.0 Å². The molecule has 1 aromatic rings. The maximum Gasteiger partial charge on any atom is 0.236 e. The van der Waals surface area contributed by atoms with Gasteiger partial charge in [-0.2, -0.15) is 4.31 Å². The van der Waals surface area contributed by atoms with Crippen molar-refractivity contribution in [3.05, 3.63) is 36.1 Å². The molecule has 0 radical (unpaired) electrons. The van der Waals surface area contributed by atoms with E-state index >= 15 is 0 Å². The molecule has 1 aromatic heterocycles. The van der Waals surface area contributed by atoms with Gasteiger partial charge in [-0.15, -0.1) is 0 Å². The van der Waals surface area contributed by atoms with Crippen LogP contribution in [0.2, 0.25) is 0 Å². The highest BCUT2D eigenvalue weighted by molar-refractivity contribution is 7.92. The van der Waals surface area contributed by atoms with Crippen molar-refractivity contribution in [1.82, 2.24) is 4.31 Å². The van der Waals surface area contributed by atoms with Gasteiger partial charge in [-0.25, -0.2) is 8.42 Å². The van der Waals surface area contributed by atoms with Gasteiger partial charge in [-0.05, 0) is 18.9 Å². The number of nitrogens with zero attached hydrogens (tertiary/aromatic N) is 1. The molecule has 1 aliphatic rings. The number of furan rings is 1. The number of rotatable bonds is 5. The quantitative estimate of drug-likeness (QED) is 0.769. The molecule has 0 spiro atoms. The molecule has 0 atom stereocenters. The van der Waals surface area contributed by atoms with E-state index in [-0.39, 0.29) is 6.04 Å². The maximum absolute atomic E-state index is 11.7. The van der Waals surface area contributed by atoms with Crippen LogP contribution in [0.25, 0.3) is 0 Å². The van der Waals surface area contributed by atoms with Crippen LogP contribution in [-0.4, -0.2) is 18.8 Å². The Morgan fingerprint density at radius 1 is 1.60 bits per heavy atom. The Bertz CT molecular complexity index is 431. The fourth-order valence-corrected chi connectivity index (χ4v) is 2.59. The predicted octanol–water partition coefficient (Wildman–Crippen LogP) is 1.72. The lowest BCUT2D eigenvalue weighted by Crippen LogP contribution is -2.30. The molecular formula is C10H13NO3S. The summed E-state index contributed by atoms with van der Waals surface area (Å²) >= 11 is 0. The van der Waals surface area contributed by atoms with E-state index in [1.807, 2.05) is 0 Å². The third-order valence-corrected chi connectivity index (χ3v) is 3.91. The van der Waals surface area contributed by atoms with Gasteiger partial charge in [0.25, 0.3) is 0 Å². The Labute approximate surface area is 89.2 Å². The SMILES string of the molecule is C=CS(=O)(=O)N(Cc1ccoc1)C1CC1. The Kier molecular flexibility index (Phi) is 2.67. The van der Waals surface area contributed by atoms with Crippen molar-refractivity contribution < 1.29 is 12.8 Å². The van der Waals surface area contributed by atoms with E-state index in [2.05, 4.69) is 6.58 Å². The van der Waals surface area contributed by atoms with Crippen molar-refractivity contribution in [2.75, 3.05) is 0 Å². The van der Waals surface area contributed by atoms with Gasteiger partial charge in [0.15, 0.2) is 0 Å². The highest BCUT2D eigenvalue weighted by Crippen LogP contribution is 2.31. The molecule has 1 saturated carbocycles. The van der Waals surface area contributed by atoms with E-state index in [9.17, 15) is 8.42 Å². The molecule has 1 fully saturated rings. The third kappa shape index (κ3) is 2.30. The molecule has 82 valence electrons. The van der Waals surface area contributed by atoms with E-state index in [1.165, 1.54) is 4.31 Å². The van der Waals surface area contributed by atoms with Crippen LogP contribution in [-0.2, 0) is 16.6 Å². The Hall–Kier alpha value is -1.07. The molecule has 0 saturated heterocycles. The van der Waals surface area contributed by atoms with E-state index in [4.69, 9.17) is 4.42 Å². The topological polar surface area (TPSA) is 50.5 Å². The van der Waals surface area contributed by atoms with Crippen molar-refractivity contribution in [2.24, 2.45) is 0 Å². The minimum Gasteiger partial charge on any atom is -0.472 e. The summed E-state index contributed by atoms with van der Waals surface area (Å²) in [5, 5.41) is 1.01. The Balaban J connectivity index is 2.17. The molecule has 4 nitrogen and oxygen atoms in total. The predicted molar refractivity (Wildman–Crippen MR) is 56.4 cm³/mol. The normalized spacial score (nSPS) is 16.9. The average Bonchev–Trinajstić information content (AvgIpc) is 2.92. The van der Waals surface area contributed by atoms with Gasteiger partial charge in [-0.3, -0.25) is 0 Å². The second-order valence-corrected chi connectivity index (χ2v) is 5.45. The molecule has 0 bridgehead atoms. The van der Waals surface area contributed by atoms with E-state index in [0.29, 0.717) is 6.54 Å². The number of sulfonamides is 1. The Morgan fingerprint density at radius 3 is 2.80 bits per heavy atom. The van der Waals surface area contributed by atoms with Crippen LogP contribution >= 0.6 is 0 Å². The maximum atomic E-state index is 11.7. The molecule has 1 heterocycles. The largest absolute Gasteiger partial charge is 0.472 e. The van der Waals surface area contributed by atoms with Crippen LogP contribution in [0, 0.1) is 0 Å². The molecule has 0 aliphatic heterocycles.